The van der Waals surface area contributed by atoms with Gasteiger partial charge >= 0.3 is 0 Å². The van der Waals surface area contributed by atoms with Crippen molar-refractivity contribution in [3.05, 3.63) is 57.9 Å². The van der Waals surface area contributed by atoms with E-state index in [2.05, 4.69) is 10.6 Å². The number of ketones is 1. The van der Waals surface area contributed by atoms with E-state index in [1.54, 1.807) is 24.3 Å². The number of fused-ring (bicyclic) bond motifs is 3. The molecule has 0 aromatic heterocycles. The number of allylic oxidation sites excluding steroid dienone is 2. The average molecular weight is 499 g/mol. The summed E-state index contributed by atoms with van der Waals surface area (Å²) in [5, 5.41) is 6.56. The minimum absolute atomic E-state index is 0.0113. The molecule has 1 saturated carbocycles. The Hall–Kier alpha value is -1.83. The summed E-state index contributed by atoms with van der Waals surface area (Å²) < 4.78 is 43.3. The molecule has 2 heterocycles. The lowest BCUT2D eigenvalue weighted by atomic mass is 9.44. The van der Waals surface area contributed by atoms with Crippen LogP contribution in [0.5, 0.6) is 0 Å². The van der Waals surface area contributed by atoms with E-state index < -0.39 is 65.4 Å². The van der Waals surface area contributed by atoms with Crippen LogP contribution in [0.2, 0.25) is 5.02 Å². The van der Waals surface area contributed by atoms with Crippen LogP contribution in [0.3, 0.4) is 0 Å². The molecule has 4 nitrogen and oxygen atoms in total. The maximum absolute atomic E-state index is 15.4. The van der Waals surface area contributed by atoms with Crippen LogP contribution < -0.4 is 10.6 Å². The van der Waals surface area contributed by atoms with Crippen molar-refractivity contribution in [1.82, 2.24) is 10.6 Å². The maximum atomic E-state index is 15.4. The van der Waals surface area contributed by atoms with Gasteiger partial charge in [-0.05, 0) is 43.5 Å². The van der Waals surface area contributed by atoms with Gasteiger partial charge in [-0.15, -0.1) is 0 Å². The molecule has 2 aliphatic heterocycles. The summed E-state index contributed by atoms with van der Waals surface area (Å²) in [5.41, 5.74) is -3.59. The second-order valence-corrected chi connectivity index (χ2v) is 10.7. The number of amides is 1. The number of rotatable bonds is 4. The van der Waals surface area contributed by atoms with Gasteiger partial charge in [0.1, 0.15) is 11.6 Å². The normalized spacial score (nSPS) is 35.3. The van der Waals surface area contributed by atoms with Crippen LogP contribution in [0.1, 0.15) is 31.2 Å². The molecule has 176 valence electrons. The number of halogens is 5. The van der Waals surface area contributed by atoms with E-state index in [1.165, 1.54) is 19.1 Å². The molecule has 0 radical (unpaired) electrons. The molecular formula is C24H23Cl2F3N2O2. The number of hydrogen-bond acceptors (Lipinski definition) is 3. The van der Waals surface area contributed by atoms with Gasteiger partial charge in [0, 0.05) is 27.8 Å². The molecule has 9 heteroatoms. The summed E-state index contributed by atoms with van der Waals surface area (Å²) in [6.45, 7) is -0.406. The van der Waals surface area contributed by atoms with Gasteiger partial charge in [0.2, 0.25) is 5.91 Å². The lowest BCUT2D eigenvalue weighted by molar-refractivity contribution is -0.146. The fraction of sp³-hybridized carbons (Fsp3) is 0.500. The first-order chi connectivity index (χ1) is 15.6. The third kappa shape index (κ3) is 2.88. The summed E-state index contributed by atoms with van der Waals surface area (Å²) in [4.78, 5) is 26.8. The Morgan fingerprint density at radius 1 is 1.21 bits per heavy atom. The number of carbonyl (C=O) groups excluding carboxylic acids is 2. The van der Waals surface area contributed by atoms with E-state index in [1.807, 2.05) is 0 Å². The Bertz CT molecular complexity index is 1100. The molecule has 1 amide bonds. The summed E-state index contributed by atoms with van der Waals surface area (Å²) >= 11 is 12.3. The molecule has 1 aromatic rings. The average Bonchev–Trinajstić information content (AvgIpc) is 3.22. The van der Waals surface area contributed by atoms with Crippen molar-refractivity contribution in [1.29, 1.82) is 0 Å². The zero-order valence-corrected chi connectivity index (χ0v) is 19.3. The van der Waals surface area contributed by atoms with Crippen LogP contribution in [0.25, 0.3) is 0 Å². The summed E-state index contributed by atoms with van der Waals surface area (Å²) in [6.07, 6.45) is 5.18. The van der Waals surface area contributed by atoms with Gasteiger partial charge < -0.3 is 10.6 Å². The highest BCUT2D eigenvalue weighted by Crippen LogP contribution is 2.70. The van der Waals surface area contributed by atoms with Gasteiger partial charge in [-0.1, -0.05) is 41.4 Å². The Balaban J connectivity index is 1.77. The second kappa shape index (κ2) is 7.59. The number of nitrogens with one attached hydrogen (secondary N) is 2. The summed E-state index contributed by atoms with van der Waals surface area (Å²) in [5.74, 6) is -2.84. The third-order valence-corrected chi connectivity index (χ3v) is 8.65. The smallest absolute Gasteiger partial charge is 0.229 e. The first-order valence-corrected chi connectivity index (χ1v) is 11.6. The van der Waals surface area contributed by atoms with Gasteiger partial charge in [-0.3, -0.25) is 18.4 Å². The highest BCUT2D eigenvalue weighted by molar-refractivity contribution is 6.31. The molecule has 3 fully saturated rings. The molecule has 2 spiro atoms. The van der Waals surface area contributed by atoms with Gasteiger partial charge in [0.25, 0.3) is 0 Å². The molecule has 5 atom stereocenters. The first kappa shape index (κ1) is 22.9. The molecule has 33 heavy (non-hydrogen) atoms. The minimum atomic E-state index is -1.38. The quantitative estimate of drug-likeness (QED) is 0.647. The second-order valence-electron chi connectivity index (χ2n) is 9.86. The Labute approximate surface area is 199 Å². The molecule has 4 aliphatic rings. The number of hydrogen-bond donors (Lipinski definition) is 2. The van der Waals surface area contributed by atoms with Crippen LogP contribution >= 0.6 is 23.2 Å². The standard InChI is InChI=1S/C24H23Cl2F3N2O2/c1-12(32)20-18(14-3-2-4-16(26)19(14)29)24(23(31-20)8-22(9-23,10-27)11-28)15-6-5-13(25)7-17(15)30-21(24)33/h2-7,15,17-18,20,31H,8-11H2,1H3,(H,30,33)/t15?,17?,18-,20-,24+/m0/s1. The van der Waals surface area contributed by atoms with Gasteiger partial charge in [-0.25, -0.2) is 4.39 Å². The van der Waals surface area contributed by atoms with Gasteiger partial charge in [-0.2, -0.15) is 0 Å². The lowest BCUT2D eigenvalue weighted by Gasteiger charge is -2.60. The van der Waals surface area contributed by atoms with Gasteiger partial charge in [0.15, 0.2) is 0 Å². The predicted octanol–water partition coefficient (Wildman–Crippen LogP) is 4.38. The van der Waals surface area contributed by atoms with Crippen molar-refractivity contribution in [2.24, 2.45) is 16.7 Å². The Morgan fingerprint density at radius 2 is 1.91 bits per heavy atom. The molecule has 1 aromatic carbocycles. The van der Waals surface area contributed by atoms with E-state index in [0.717, 1.165) is 0 Å². The van der Waals surface area contributed by atoms with E-state index in [9.17, 15) is 18.4 Å². The van der Waals surface area contributed by atoms with Crippen molar-refractivity contribution in [3.8, 4) is 0 Å². The zero-order valence-electron chi connectivity index (χ0n) is 17.8. The minimum Gasteiger partial charge on any atom is -0.349 e. The van der Waals surface area contributed by atoms with Crippen LogP contribution in [-0.2, 0) is 9.59 Å². The number of carbonyl (C=O) groups is 2. The molecular weight excluding hydrogens is 476 g/mol. The topological polar surface area (TPSA) is 58.2 Å². The fourth-order valence-corrected chi connectivity index (χ4v) is 7.34. The van der Waals surface area contributed by atoms with Gasteiger partial charge in [0.05, 0.1) is 35.9 Å². The third-order valence-electron chi connectivity index (χ3n) is 8.11. The maximum Gasteiger partial charge on any atom is 0.229 e. The van der Waals surface area contributed by atoms with Crippen LogP contribution in [-0.4, -0.2) is 42.7 Å². The molecule has 2 saturated heterocycles. The molecule has 2 N–H and O–H groups in total. The largest absolute Gasteiger partial charge is 0.349 e. The highest BCUT2D eigenvalue weighted by Gasteiger charge is 2.79. The van der Waals surface area contributed by atoms with Crippen molar-refractivity contribution < 1.29 is 22.8 Å². The SMILES string of the molecule is CC(=O)[C@@H]1NC2(CC(CF)(CF)C2)[C@@]2(C(=O)NC3C=C(Cl)C=CC32)[C@H]1c1cccc(Cl)c1F. The number of benzene rings is 1. The van der Waals surface area contributed by atoms with Crippen molar-refractivity contribution >= 4 is 34.9 Å². The van der Waals surface area contributed by atoms with E-state index in [4.69, 9.17) is 23.2 Å². The monoisotopic (exact) mass is 498 g/mol. The summed E-state index contributed by atoms with van der Waals surface area (Å²) in [7, 11) is 0. The molecule has 0 bridgehead atoms. The fourth-order valence-electron chi connectivity index (χ4n) is 6.95. The van der Waals surface area contributed by atoms with Crippen LogP contribution in [0.4, 0.5) is 13.2 Å². The van der Waals surface area contributed by atoms with E-state index in [0.29, 0.717) is 5.03 Å². The van der Waals surface area contributed by atoms with Crippen molar-refractivity contribution in [2.45, 2.75) is 43.3 Å². The Morgan fingerprint density at radius 3 is 2.55 bits per heavy atom. The summed E-state index contributed by atoms with van der Waals surface area (Å²) in [6, 6.07) is 3.07. The van der Waals surface area contributed by atoms with Crippen molar-refractivity contribution in [2.75, 3.05) is 13.3 Å². The number of alkyl halides is 2. The lowest BCUT2D eigenvalue weighted by Crippen LogP contribution is -2.70. The van der Waals surface area contributed by atoms with Crippen LogP contribution in [0, 0.1) is 22.6 Å². The molecule has 5 rings (SSSR count). The molecule has 2 unspecified atom stereocenters. The Kier molecular flexibility index (Phi) is 5.27. The number of Topliss-reactive ketones (excluding diaryl/α,β-unsaturated/α-hetero) is 1. The first-order valence-electron chi connectivity index (χ1n) is 10.9. The molecule has 2 aliphatic carbocycles. The van der Waals surface area contributed by atoms with E-state index in [-0.39, 0.29) is 29.2 Å². The van der Waals surface area contributed by atoms with Crippen LogP contribution in [0.15, 0.2) is 41.5 Å². The van der Waals surface area contributed by atoms with Crippen molar-refractivity contribution in [3.63, 3.8) is 0 Å². The van der Waals surface area contributed by atoms with E-state index >= 15 is 4.39 Å². The zero-order chi connectivity index (χ0) is 23.8. The highest BCUT2D eigenvalue weighted by atomic mass is 35.5. The predicted molar refractivity (Wildman–Crippen MR) is 119 cm³/mol.